The molecule has 0 spiro atoms. The topological polar surface area (TPSA) is 55.2 Å². The minimum atomic E-state index is -0.194. The number of fused-ring (bicyclic) bond motifs is 1. The third kappa shape index (κ3) is 9.89. The van der Waals surface area contributed by atoms with Crippen molar-refractivity contribution < 1.29 is 4.74 Å². The number of ether oxygens (including phenoxy) is 1. The summed E-state index contributed by atoms with van der Waals surface area (Å²) in [5.74, 6) is 1.39. The highest BCUT2D eigenvalue weighted by Crippen LogP contribution is 2.35. The smallest absolute Gasteiger partial charge is 0.175 e. The molecular weight excluding hydrogens is 611 g/mol. The van der Waals surface area contributed by atoms with E-state index in [0.29, 0.717) is 38.7 Å². The van der Waals surface area contributed by atoms with E-state index in [4.69, 9.17) is 39.5 Å². The van der Waals surface area contributed by atoms with Gasteiger partial charge in [0.25, 0.3) is 0 Å². The lowest BCUT2D eigenvalue weighted by Crippen LogP contribution is -2.13. The number of benzene rings is 2. The van der Waals surface area contributed by atoms with Crippen molar-refractivity contribution in [2.24, 2.45) is 0 Å². The van der Waals surface area contributed by atoms with E-state index in [0.717, 1.165) is 23.4 Å². The summed E-state index contributed by atoms with van der Waals surface area (Å²) >= 11 is 20.0. The van der Waals surface area contributed by atoms with Gasteiger partial charge >= 0.3 is 0 Å². The number of unbranched alkanes of at least 4 members (excludes halogenated alkanes) is 12. The first-order valence-corrected chi connectivity index (χ1v) is 17.7. The van der Waals surface area contributed by atoms with Gasteiger partial charge in [-0.1, -0.05) is 152 Å². The molecule has 2 heterocycles. The lowest BCUT2D eigenvalue weighted by Gasteiger charge is -2.14. The molecule has 0 aliphatic carbocycles. The van der Waals surface area contributed by atoms with E-state index >= 15 is 0 Å². The third-order valence-electron chi connectivity index (χ3n) is 8.21. The maximum absolute atomic E-state index is 6.69. The normalized spacial score (nSPS) is 12.0. The van der Waals surface area contributed by atoms with Crippen molar-refractivity contribution in [3.05, 3.63) is 68.3 Å². The second-order valence-corrected chi connectivity index (χ2v) is 14.3. The zero-order valence-electron chi connectivity index (χ0n) is 27.0. The Morgan fingerprint density at radius 3 is 2.02 bits per heavy atom. The van der Waals surface area contributed by atoms with Crippen molar-refractivity contribution in [3.63, 3.8) is 0 Å². The van der Waals surface area contributed by atoms with Gasteiger partial charge in [-0.25, -0.2) is 0 Å². The van der Waals surface area contributed by atoms with Gasteiger partial charge < -0.3 is 9.72 Å². The van der Waals surface area contributed by atoms with Crippen molar-refractivity contribution >= 4 is 40.4 Å². The Labute approximate surface area is 279 Å². The summed E-state index contributed by atoms with van der Waals surface area (Å²) in [5, 5.41) is 10.8. The SMILES string of the molecule is CCCCCCCCCCCCCCCc1cccc(OCc2cc(Cl)c(-c3nn4nc(C(C)(C)C)c(Cl)c4[nH]3)cc2Cl)c1. The molecule has 44 heavy (non-hydrogen) atoms. The molecule has 0 saturated heterocycles. The van der Waals surface area contributed by atoms with Crippen LogP contribution >= 0.6 is 34.8 Å². The summed E-state index contributed by atoms with van der Waals surface area (Å²) in [6.07, 6.45) is 18.9. The molecule has 0 atom stereocenters. The van der Waals surface area contributed by atoms with Crippen molar-refractivity contribution in [1.29, 1.82) is 0 Å². The second kappa shape index (κ2) is 16.9. The van der Waals surface area contributed by atoms with E-state index in [1.807, 2.05) is 18.2 Å². The van der Waals surface area contributed by atoms with Crippen LogP contribution in [0.1, 0.15) is 128 Å². The minimum absolute atomic E-state index is 0.194. The van der Waals surface area contributed by atoms with Crippen LogP contribution in [-0.2, 0) is 18.4 Å². The van der Waals surface area contributed by atoms with Crippen LogP contribution in [0, 0.1) is 0 Å². The highest BCUT2D eigenvalue weighted by atomic mass is 35.5. The fraction of sp³-hybridized carbons (Fsp3) is 0.556. The lowest BCUT2D eigenvalue weighted by atomic mass is 9.92. The molecule has 0 radical (unpaired) electrons. The van der Waals surface area contributed by atoms with E-state index in [2.05, 4.69) is 61.1 Å². The monoisotopic (exact) mass is 658 g/mol. The van der Waals surface area contributed by atoms with Crippen LogP contribution in [-0.4, -0.2) is 19.8 Å². The highest BCUT2D eigenvalue weighted by molar-refractivity contribution is 6.36. The first kappa shape index (κ1) is 34.7. The summed E-state index contributed by atoms with van der Waals surface area (Å²) < 4.78 is 7.65. The molecular formula is C36H49Cl3N4O. The van der Waals surface area contributed by atoms with Gasteiger partial charge in [0.2, 0.25) is 0 Å². The van der Waals surface area contributed by atoms with Gasteiger partial charge in [0.05, 0.1) is 10.7 Å². The zero-order chi connectivity index (χ0) is 31.5. The predicted molar refractivity (Wildman–Crippen MR) is 187 cm³/mol. The molecule has 4 rings (SSSR count). The van der Waals surface area contributed by atoms with Crippen LogP contribution in [0.25, 0.3) is 17.0 Å². The maximum Gasteiger partial charge on any atom is 0.175 e. The Kier molecular flexibility index (Phi) is 13.3. The van der Waals surface area contributed by atoms with E-state index in [-0.39, 0.29) is 5.41 Å². The predicted octanol–water partition coefficient (Wildman–Crippen LogP) is 12.2. The molecule has 0 fully saturated rings. The Bertz CT molecular complexity index is 1470. The van der Waals surface area contributed by atoms with Crippen molar-refractivity contribution in [3.8, 4) is 17.1 Å². The Morgan fingerprint density at radius 2 is 1.41 bits per heavy atom. The number of nitrogens with one attached hydrogen (secondary N) is 1. The van der Waals surface area contributed by atoms with Gasteiger partial charge in [0.1, 0.15) is 17.4 Å². The molecule has 0 aliphatic rings. The summed E-state index contributed by atoms with van der Waals surface area (Å²) in [4.78, 5) is 3.25. The Balaban J connectivity index is 1.21. The molecule has 4 aromatic rings. The number of nitrogens with zero attached hydrogens (tertiary/aromatic N) is 3. The van der Waals surface area contributed by atoms with Gasteiger partial charge in [0, 0.05) is 21.6 Å². The van der Waals surface area contributed by atoms with Crippen molar-refractivity contribution in [2.45, 2.75) is 130 Å². The molecule has 240 valence electrons. The van der Waals surface area contributed by atoms with E-state index < -0.39 is 0 Å². The van der Waals surface area contributed by atoms with E-state index in [9.17, 15) is 0 Å². The van der Waals surface area contributed by atoms with Gasteiger partial charge in [-0.15, -0.1) is 9.73 Å². The second-order valence-electron chi connectivity index (χ2n) is 13.1. The largest absolute Gasteiger partial charge is 0.489 e. The van der Waals surface area contributed by atoms with Crippen LogP contribution < -0.4 is 4.74 Å². The van der Waals surface area contributed by atoms with E-state index in [1.54, 1.807) is 0 Å². The molecule has 1 N–H and O–H groups in total. The average Bonchev–Trinajstić information content (AvgIpc) is 3.55. The standard InChI is InChI=1S/C36H49Cl3N4O/c1-5-6-7-8-9-10-11-12-13-14-15-16-17-19-26-20-18-21-28(22-26)44-25-27-23-31(38)29(24-30(27)37)34-40-35-32(39)33(36(2,3)4)41-43(35)42-34/h18,20-24H,5-17,19,25H2,1-4H3,(H,40,42). The Morgan fingerprint density at radius 1 is 0.773 bits per heavy atom. The first-order valence-electron chi connectivity index (χ1n) is 16.5. The summed E-state index contributed by atoms with van der Waals surface area (Å²) in [6, 6.07) is 12.0. The molecule has 0 unspecified atom stereocenters. The number of rotatable bonds is 18. The molecule has 5 nitrogen and oxygen atoms in total. The number of H-pyrrole nitrogens is 1. The molecule has 2 aromatic carbocycles. The van der Waals surface area contributed by atoms with Gasteiger partial charge in [-0.2, -0.15) is 5.10 Å². The van der Waals surface area contributed by atoms with Crippen LogP contribution in [0.4, 0.5) is 0 Å². The molecule has 0 bridgehead atoms. The number of hydrogen-bond donors (Lipinski definition) is 1. The van der Waals surface area contributed by atoms with Crippen LogP contribution in [0.15, 0.2) is 36.4 Å². The van der Waals surface area contributed by atoms with Gasteiger partial charge in [0.15, 0.2) is 11.5 Å². The quantitative estimate of drug-likeness (QED) is 0.108. The van der Waals surface area contributed by atoms with Crippen molar-refractivity contribution in [1.82, 2.24) is 19.8 Å². The van der Waals surface area contributed by atoms with E-state index in [1.165, 1.54) is 93.7 Å². The van der Waals surface area contributed by atoms with Gasteiger partial charge in [-0.05, 0) is 42.7 Å². The van der Waals surface area contributed by atoms with Crippen LogP contribution in [0.3, 0.4) is 0 Å². The minimum Gasteiger partial charge on any atom is -0.489 e. The summed E-state index contributed by atoms with van der Waals surface area (Å²) in [5.41, 5.74) is 4.02. The van der Waals surface area contributed by atoms with Crippen molar-refractivity contribution in [2.75, 3.05) is 0 Å². The average molecular weight is 660 g/mol. The zero-order valence-corrected chi connectivity index (χ0v) is 29.2. The molecule has 0 aliphatic heterocycles. The van der Waals surface area contributed by atoms with Crippen LogP contribution in [0.2, 0.25) is 15.1 Å². The molecule has 2 aromatic heterocycles. The fourth-order valence-corrected chi connectivity index (χ4v) is 6.52. The van der Waals surface area contributed by atoms with Crippen LogP contribution in [0.5, 0.6) is 5.75 Å². The molecule has 0 saturated carbocycles. The molecule has 0 amide bonds. The number of hydrogen-bond acceptors (Lipinski definition) is 3. The third-order valence-corrected chi connectivity index (χ3v) is 9.23. The van der Waals surface area contributed by atoms with Gasteiger partial charge in [-0.3, -0.25) is 0 Å². The number of halogens is 3. The number of aromatic nitrogens is 4. The first-order chi connectivity index (χ1) is 21.2. The highest BCUT2D eigenvalue weighted by Gasteiger charge is 2.25. The number of aryl methyl sites for hydroxylation is 1. The fourth-order valence-electron chi connectivity index (χ4n) is 5.58. The summed E-state index contributed by atoms with van der Waals surface area (Å²) in [6.45, 7) is 8.80. The molecule has 8 heteroatoms. The maximum atomic E-state index is 6.69. The number of aromatic amines is 1. The summed E-state index contributed by atoms with van der Waals surface area (Å²) in [7, 11) is 0. The lowest BCUT2D eigenvalue weighted by molar-refractivity contribution is 0.306. The Hall–Kier alpha value is -2.21.